The Morgan fingerprint density at radius 3 is 2.37 bits per heavy atom. The van der Waals surface area contributed by atoms with E-state index in [4.69, 9.17) is 4.74 Å². The Kier molecular flexibility index (Phi) is 3.30. The molecule has 5 nitrogen and oxygen atoms in total. The first-order valence-electron chi connectivity index (χ1n) is 6.28. The lowest BCUT2D eigenvalue weighted by molar-refractivity contribution is 0.0223. The lowest BCUT2D eigenvalue weighted by Gasteiger charge is -2.31. The second kappa shape index (κ2) is 4.64. The average Bonchev–Trinajstić information content (AvgIpc) is 2.27. The third-order valence-corrected chi connectivity index (χ3v) is 2.96. The molecule has 0 aliphatic carbocycles. The second-order valence-electron chi connectivity index (χ2n) is 5.76. The molecule has 1 aromatic rings. The van der Waals surface area contributed by atoms with Crippen LogP contribution in [0.4, 0.5) is 4.79 Å². The summed E-state index contributed by atoms with van der Waals surface area (Å²) in [5.74, 6) is -0.283. The van der Waals surface area contributed by atoms with Gasteiger partial charge in [0.25, 0.3) is 0 Å². The van der Waals surface area contributed by atoms with Crippen molar-refractivity contribution >= 4 is 6.09 Å². The number of nitrogens with zero attached hydrogens (tertiary/aromatic N) is 1. The molecule has 1 heterocycles. The van der Waals surface area contributed by atoms with Gasteiger partial charge in [0.2, 0.25) is 0 Å². The Hall–Kier alpha value is -1.91. The lowest BCUT2D eigenvalue weighted by atomic mass is 9.99. The summed E-state index contributed by atoms with van der Waals surface area (Å²) in [5, 5.41) is 18.9. The highest BCUT2D eigenvalue weighted by Gasteiger charge is 2.26. The summed E-state index contributed by atoms with van der Waals surface area (Å²) < 4.78 is 5.32. The van der Waals surface area contributed by atoms with Crippen LogP contribution in [-0.4, -0.2) is 33.4 Å². The zero-order chi connectivity index (χ0) is 14.2. The standard InChI is InChI=1S/C14H19NO4/c1-14(2,3)19-13(18)15-5-4-9-6-11(16)12(17)7-10(9)8-15/h6-7,16-17H,4-5,8H2,1-3H3. The highest BCUT2D eigenvalue weighted by atomic mass is 16.6. The number of carbonyl (C=O) groups is 1. The Morgan fingerprint density at radius 1 is 1.21 bits per heavy atom. The van der Waals surface area contributed by atoms with Gasteiger partial charge in [0.05, 0.1) is 0 Å². The molecule has 0 fully saturated rings. The number of hydrogen-bond donors (Lipinski definition) is 2. The van der Waals surface area contributed by atoms with Crippen LogP contribution in [-0.2, 0) is 17.7 Å². The van der Waals surface area contributed by atoms with Gasteiger partial charge in [0.15, 0.2) is 11.5 Å². The molecule has 0 unspecified atom stereocenters. The Bertz CT molecular complexity index is 505. The minimum absolute atomic E-state index is 0.121. The summed E-state index contributed by atoms with van der Waals surface area (Å²) in [6, 6.07) is 3.05. The number of fused-ring (bicyclic) bond motifs is 1. The Balaban J connectivity index is 2.14. The van der Waals surface area contributed by atoms with Gasteiger partial charge in [-0.05, 0) is 50.5 Å². The molecule has 1 aliphatic rings. The van der Waals surface area contributed by atoms with Crippen LogP contribution in [0.1, 0.15) is 31.9 Å². The molecule has 0 bridgehead atoms. The topological polar surface area (TPSA) is 70.0 Å². The van der Waals surface area contributed by atoms with Crippen molar-refractivity contribution in [1.29, 1.82) is 0 Å². The van der Waals surface area contributed by atoms with E-state index in [2.05, 4.69) is 0 Å². The van der Waals surface area contributed by atoms with Crippen molar-refractivity contribution in [2.75, 3.05) is 6.54 Å². The van der Waals surface area contributed by atoms with Crippen LogP contribution in [0.15, 0.2) is 12.1 Å². The molecule has 1 amide bonds. The van der Waals surface area contributed by atoms with Crippen LogP contribution in [0, 0.1) is 0 Å². The molecule has 0 saturated heterocycles. The van der Waals surface area contributed by atoms with Crippen molar-refractivity contribution in [3.63, 3.8) is 0 Å². The van der Waals surface area contributed by atoms with E-state index < -0.39 is 5.60 Å². The van der Waals surface area contributed by atoms with Crippen LogP contribution in [0.3, 0.4) is 0 Å². The Labute approximate surface area is 112 Å². The maximum atomic E-state index is 12.0. The van der Waals surface area contributed by atoms with E-state index in [1.165, 1.54) is 6.07 Å². The normalized spacial score (nSPS) is 15.0. The van der Waals surface area contributed by atoms with E-state index in [0.29, 0.717) is 19.5 Å². The van der Waals surface area contributed by atoms with Gasteiger partial charge >= 0.3 is 6.09 Å². The quantitative estimate of drug-likeness (QED) is 0.707. The fourth-order valence-corrected chi connectivity index (χ4v) is 2.07. The number of carbonyl (C=O) groups excluding carboxylic acids is 1. The molecule has 2 N–H and O–H groups in total. The van der Waals surface area contributed by atoms with E-state index in [9.17, 15) is 15.0 Å². The second-order valence-corrected chi connectivity index (χ2v) is 5.76. The smallest absolute Gasteiger partial charge is 0.410 e. The average molecular weight is 265 g/mol. The molecule has 1 aromatic carbocycles. The number of aromatic hydroxyl groups is 2. The highest BCUT2D eigenvalue weighted by Crippen LogP contribution is 2.31. The van der Waals surface area contributed by atoms with Crippen molar-refractivity contribution in [2.45, 2.75) is 39.3 Å². The predicted octanol–water partition coefficient (Wildman–Crippen LogP) is 2.39. The van der Waals surface area contributed by atoms with Crippen molar-refractivity contribution in [1.82, 2.24) is 4.90 Å². The van der Waals surface area contributed by atoms with Gasteiger partial charge in [-0.15, -0.1) is 0 Å². The number of benzene rings is 1. The minimum Gasteiger partial charge on any atom is -0.504 e. The highest BCUT2D eigenvalue weighted by molar-refractivity contribution is 5.69. The number of amides is 1. The lowest BCUT2D eigenvalue weighted by Crippen LogP contribution is -2.39. The van der Waals surface area contributed by atoms with Gasteiger partial charge in [-0.1, -0.05) is 0 Å². The summed E-state index contributed by atoms with van der Waals surface area (Å²) in [7, 11) is 0. The summed E-state index contributed by atoms with van der Waals surface area (Å²) in [6.07, 6.45) is 0.285. The zero-order valence-corrected chi connectivity index (χ0v) is 11.4. The van der Waals surface area contributed by atoms with Crippen LogP contribution in [0.25, 0.3) is 0 Å². The fourth-order valence-electron chi connectivity index (χ4n) is 2.07. The first-order chi connectivity index (χ1) is 8.76. The van der Waals surface area contributed by atoms with Crippen LogP contribution >= 0.6 is 0 Å². The van der Waals surface area contributed by atoms with Gasteiger partial charge in [-0.3, -0.25) is 0 Å². The number of phenolic OH excluding ortho intramolecular Hbond substituents is 2. The SMILES string of the molecule is CC(C)(C)OC(=O)N1CCc2cc(O)c(O)cc2C1. The molecule has 0 spiro atoms. The first-order valence-corrected chi connectivity index (χ1v) is 6.28. The van der Waals surface area contributed by atoms with Gasteiger partial charge in [0, 0.05) is 13.1 Å². The summed E-state index contributed by atoms with van der Waals surface area (Å²) >= 11 is 0. The summed E-state index contributed by atoms with van der Waals surface area (Å²) in [5.41, 5.74) is 1.27. The van der Waals surface area contributed by atoms with Crippen LogP contribution in [0.2, 0.25) is 0 Å². The molecule has 2 rings (SSSR count). The van der Waals surface area contributed by atoms with Crippen molar-refractivity contribution < 1.29 is 19.7 Å². The maximum Gasteiger partial charge on any atom is 0.410 e. The third-order valence-electron chi connectivity index (χ3n) is 2.96. The van der Waals surface area contributed by atoms with E-state index in [-0.39, 0.29) is 17.6 Å². The van der Waals surface area contributed by atoms with Crippen LogP contribution < -0.4 is 0 Å². The van der Waals surface area contributed by atoms with Gasteiger partial charge in [-0.25, -0.2) is 4.79 Å². The molecule has 0 atom stereocenters. The maximum absolute atomic E-state index is 12.0. The number of ether oxygens (including phenoxy) is 1. The van der Waals surface area contributed by atoms with E-state index in [1.807, 2.05) is 20.8 Å². The molecule has 5 heteroatoms. The molecular weight excluding hydrogens is 246 g/mol. The number of hydrogen-bond acceptors (Lipinski definition) is 4. The summed E-state index contributed by atoms with van der Waals surface area (Å²) in [4.78, 5) is 13.6. The molecular formula is C14H19NO4. The monoisotopic (exact) mass is 265 g/mol. The predicted molar refractivity (Wildman–Crippen MR) is 70.1 cm³/mol. The van der Waals surface area contributed by atoms with Gasteiger partial charge < -0.3 is 19.8 Å². The van der Waals surface area contributed by atoms with Crippen molar-refractivity contribution in [2.24, 2.45) is 0 Å². The largest absolute Gasteiger partial charge is 0.504 e. The van der Waals surface area contributed by atoms with E-state index in [1.54, 1.807) is 11.0 Å². The van der Waals surface area contributed by atoms with Crippen molar-refractivity contribution in [3.05, 3.63) is 23.3 Å². The molecule has 1 aliphatic heterocycles. The van der Waals surface area contributed by atoms with E-state index in [0.717, 1.165) is 11.1 Å². The number of phenols is 2. The zero-order valence-electron chi connectivity index (χ0n) is 11.4. The number of rotatable bonds is 0. The third kappa shape index (κ3) is 3.10. The van der Waals surface area contributed by atoms with Crippen LogP contribution in [0.5, 0.6) is 11.5 Å². The van der Waals surface area contributed by atoms with Gasteiger partial charge in [-0.2, -0.15) is 0 Å². The first kappa shape index (κ1) is 13.5. The Morgan fingerprint density at radius 2 is 1.79 bits per heavy atom. The molecule has 0 aromatic heterocycles. The van der Waals surface area contributed by atoms with E-state index >= 15 is 0 Å². The summed E-state index contributed by atoms with van der Waals surface area (Å²) in [6.45, 7) is 6.41. The molecule has 104 valence electrons. The minimum atomic E-state index is -0.519. The molecule has 0 radical (unpaired) electrons. The fraction of sp³-hybridized carbons (Fsp3) is 0.500. The molecule has 0 saturated carbocycles. The van der Waals surface area contributed by atoms with Gasteiger partial charge in [0.1, 0.15) is 5.60 Å². The van der Waals surface area contributed by atoms with Crippen molar-refractivity contribution in [3.8, 4) is 11.5 Å². The molecule has 19 heavy (non-hydrogen) atoms.